The van der Waals surface area contributed by atoms with Crippen LogP contribution in [0.3, 0.4) is 0 Å². The minimum atomic E-state index is -0.433. The maximum absolute atomic E-state index is 12.5. The fourth-order valence-electron chi connectivity index (χ4n) is 2.44. The maximum atomic E-state index is 12.5. The van der Waals surface area contributed by atoms with E-state index < -0.39 is 5.97 Å². The van der Waals surface area contributed by atoms with Gasteiger partial charge in [-0.1, -0.05) is 6.07 Å². The van der Waals surface area contributed by atoms with Crippen LogP contribution in [0.1, 0.15) is 18.9 Å². The van der Waals surface area contributed by atoms with Gasteiger partial charge in [0, 0.05) is 24.9 Å². The second kappa shape index (κ2) is 6.45. The van der Waals surface area contributed by atoms with Gasteiger partial charge in [0.2, 0.25) is 5.91 Å². The Morgan fingerprint density at radius 1 is 1.21 bits per heavy atom. The van der Waals surface area contributed by atoms with Crippen molar-refractivity contribution in [1.82, 2.24) is 4.98 Å². The molecule has 0 saturated carbocycles. The smallest absolute Gasteiger partial charge is 0.308 e. The molecule has 0 N–H and O–H groups in total. The molecule has 0 spiro atoms. The highest BCUT2D eigenvalue weighted by Crippen LogP contribution is 2.28. The molecule has 1 saturated heterocycles. The summed E-state index contributed by atoms with van der Waals surface area (Å²) >= 11 is 0. The molecule has 1 aromatic heterocycles. The van der Waals surface area contributed by atoms with Crippen LogP contribution in [0.4, 0.5) is 5.69 Å². The Morgan fingerprint density at radius 2 is 1.96 bits per heavy atom. The molecule has 3 rings (SSSR count). The number of amides is 2. The average Bonchev–Trinajstić information content (AvgIpc) is 2.83. The number of pyridine rings is 1. The Hall–Kier alpha value is -3.28. The molecule has 1 aromatic carbocycles. The first-order valence-electron chi connectivity index (χ1n) is 7.31. The molecule has 120 valence electrons. The summed E-state index contributed by atoms with van der Waals surface area (Å²) in [5, 5.41) is 0. The van der Waals surface area contributed by atoms with Gasteiger partial charge in [0.05, 0.1) is 12.1 Å². The minimum Gasteiger partial charge on any atom is -0.427 e. The molecule has 2 aromatic rings. The predicted molar refractivity (Wildman–Crippen MR) is 87.1 cm³/mol. The quantitative estimate of drug-likeness (QED) is 0.375. The van der Waals surface area contributed by atoms with E-state index in [1.54, 1.807) is 48.8 Å². The molecule has 1 aliphatic heterocycles. The van der Waals surface area contributed by atoms with E-state index in [0.717, 1.165) is 10.5 Å². The largest absolute Gasteiger partial charge is 0.427 e. The molecule has 0 radical (unpaired) electrons. The van der Waals surface area contributed by atoms with Crippen LogP contribution in [0.2, 0.25) is 0 Å². The van der Waals surface area contributed by atoms with E-state index >= 15 is 0 Å². The molecule has 6 heteroatoms. The van der Waals surface area contributed by atoms with Crippen LogP contribution in [-0.2, 0) is 14.4 Å². The van der Waals surface area contributed by atoms with Crippen molar-refractivity contribution in [3.8, 4) is 5.75 Å². The van der Waals surface area contributed by atoms with Gasteiger partial charge in [0.25, 0.3) is 5.91 Å². The van der Waals surface area contributed by atoms with Crippen molar-refractivity contribution < 1.29 is 19.1 Å². The summed E-state index contributed by atoms with van der Waals surface area (Å²) in [6.07, 6.45) is 4.97. The monoisotopic (exact) mass is 322 g/mol. The number of carbonyl (C=O) groups excluding carboxylic acids is 3. The number of hydrogen-bond donors (Lipinski definition) is 0. The molecule has 24 heavy (non-hydrogen) atoms. The van der Waals surface area contributed by atoms with Crippen molar-refractivity contribution in [2.24, 2.45) is 0 Å². The van der Waals surface area contributed by atoms with E-state index in [4.69, 9.17) is 4.74 Å². The van der Waals surface area contributed by atoms with Crippen molar-refractivity contribution in [2.75, 3.05) is 4.90 Å². The van der Waals surface area contributed by atoms with Crippen LogP contribution in [0.15, 0.2) is 54.4 Å². The molecule has 0 unspecified atom stereocenters. The van der Waals surface area contributed by atoms with E-state index in [1.165, 1.54) is 6.92 Å². The zero-order valence-corrected chi connectivity index (χ0v) is 12.9. The van der Waals surface area contributed by atoms with Crippen molar-refractivity contribution in [2.45, 2.75) is 13.3 Å². The fraction of sp³-hybridized carbons (Fsp3) is 0.111. The normalized spacial score (nSPS) is 15.9. The predicted octanol–water partition coefficient (Wildman–Crippen LogP) is 2.35. The number of rotatable bonds is 3. The number of nitrogens with zero attached hydrogens (tertiary/aromatic N) is 2. The zero-order valence-electron chi connectivity index (χ0n) is 12.9. The Bertz CT molecular complexity index is 826. The van der Waals surface area contributed by atoms with E-state index in [0.29, 0.717) is 17.0 Å². The van der Waals surface area contributed by atoms with E-state index in [1.807, 2.05) is 6.07 Å². The third-order valence-electron chi connectivity index (χ3n) is 3.45. The number of anilines is 1. The van der Waals surface area contributed by atoms with Crippen LogP contribution >= 0.6 is 0 Å². The first-order chi connectivity index (χ1) is 11.5. The Labute approximate surface area is 138 Å². The molecule has 0 atom stereocenters. The number of imide groups is 1. The molecule has 0 aliphatic carbocycles. The SMILES string of the molecule is CC(=O)Oc1ccc(N2C(=O)C/C(=C/c3cccnc3)C2=O)cc1. The fourth-order valence-corrected chi connectivity index (χ4v) is 2.44. The third kappa shape index (κ3) is 3.22. The van der Waals surface area contributed by atoms with Gasteiger partial charge >= 0.3 is 5.97 Å². The van der Waals surface area contributed by atoms with Crippen LogP contribution < -0.4 is 9.64 Å². The minimum absolute atomic E-state index is 0.0411. The summed E-state index contributed by atoms with van der Waals surface area (Å²) in [5.74, 6) is -0.728. The summed E-state index contributed by atoms with van der Waals surface area (Å²) in [4.78, 5) is 40.8. The maximum Gasteiger partial charge on any atom is 0.308 e. The second-order valence-electron chi connectivity index (χ2n) is 5.25. The number of esters is 1. The van der Waals surface area contributed by atoms with Gasteiger partial charge in [-0.3, -0.25) is 19.4 Å². The van der Waals surface area contributed by atoms with Gasteiger partial charge < -0.3 is 4.74 Å². The molecule has 1 aliphatic rings. The highest BCUT2D eigenvalue weighted by Gasteiger charge is 2.34. The van der Waals surface area contributed by atoms with Crippen molar-refractivity contribution in [3.63, 3.8) is 0 Å². The topological polar surface area (TPSA) is 76.6 Å². The lowest BCUT2D eigenvalue weighted by atomic mass is 10.1. The van der Waals surface area contributed by atoms with Crippen molar-refractivity contribution in [1.29, 1.82) is 0 Å². The molecule has 6 nitrogen and oxygen atoms in total. The molecule has 0 bridgehead atoms. The van der Waals surface area contributed by atoms with Gasteiger partial charge in [-0.05, 0) is 42.0 Å². The number of aromatic nitrogens is 1. The standard InChI is InChI=1S/C18H14N2O4/c1-12(21)24-16-6-4-15(5-7-16)20-17(22)10-14(18(20)23)9-13-3-2-8-19-11-13/h2-9,11H,10H2,1H3/b14-9-. The zero-order chi connectivity index (χ0) is 17.1. The first kappa shape index (κ1) is 15.6. The Morgan fingerprint density at radius 3 is 2.58 bits per heavy atom. The van der Waals surface area contributed by atoms with Crippen LogP contribution in [0, 0.1) is 0 Å². The summed E-state index contributed by atoms with van der Waals surface area (Å²) in [7, 11) is 0. The van der Waals surface area contributed by atoms with Crippen molar-refractivity contribution >= 4 is 29.5 Å². The Balaban J connectivity index is 1.84. The molecule has 2 heterocycles. The Kier molecular flexibility index (Phi) is 4.20. The van der Waals surface area contributed by atoms with E-state index in [2.05, 4.69) is 4.98 Å². The molecule has 1 fully saturated rings. The number of benzene rings is 1. The van der Waals surface area contributed by atoms with Gasteiger partial charge in [-0.2, -0.15) is 0 Å². The average molecular weight is 322 g/mol. The summed E-state index contributed by atoms with van der Waals surface area (Å²) in [5.41, 5.74) is 1.62. The third-order valence-corrected chi connectivity index (χ3v) is 3.45. The molecular weight excluding hydrogens is 308 g/mol. The highest BCUT2D eigenvalue weighted by molar-refractivity contribution is 6.29. The van der Waals surface area contributed by atoms with Gasteiger partial charge in [0.1, 0.15) is 5.75 Å². The van der Waals surface area contributed by atoms with Crippen LogP contribution in [0.5, 0.6) is 5.75 Å². The number of ether oxygens (including phenoxy) is 1. The van der Waals surface area contributed by atoms with Crippen molar-refractivity contribution in [3.05, 3.63) is 59.9 Å². The lowest BCUT2D eigenvalue weighted by Gasteiger charge is -2.13. The van der Waals surface area contributed by atoms with Gasteiger partial charge in [0.15, 0.2) is 0 Å². The van der Waals surface area contributed by atoms with E-state index in [-0.39, 0.29) is 18.2 Å². The summed E-state index contributed by atoms with van der Waals surface area (Å²) in [6, 6.07) is 9.80. The highest BCUT2D eigenvalue weighted by atomic mass is 16.5. The lowest BCUT2D eigenvalue weighted by molar-refractivity contribution is -0.132. The molecule has 2 amide bonds. The molecular formula is C18H14N2O4. The van der Waals surface area contributed by atoms with Gasteiger partial charge in [-0.15, -0.1) is 0 Å². The number of hydrogen-bond acceptors (Lipinski definition) is 5. The summed E-state index contributed by atoms with van der Waals surface area (Å²) in [6.45, 7) is 1.30. The number of carbonyl (C=O) groups is 3. The lowest BCUT2D eigenvalue weighted by Crippen LogP contribution is -2.28. The van der Waals surface area contributed by atoms with E-state index in [9.17, 15) is 14.4 Å². The van der Waals surface area contributed by atoms with Gasteiger partial charge in [-0.25, -0.2) is 4.90 Å². The first-order valence-corrected chi connectivity index (χ1v) is 7.31. The van der Waals surface area contributed by atoms with Crippen LogP contribution in [0.25, 0.3) is 6.08 Å². The second-order valence-corrected chi connectivity index (χ2v) is 5.25. The summed E-state index contributed by atoms with van der Waals surface area (Å²) < 4.78 is 4.94. The van der Waals surface area contributed by atoms with Crippen LogP contribution in [-0.4, -0.2) is 22.8 Å².